The van der Waals surface area contributed by atoms with Crippen LogP contribution in [0.4, 0.5) is 4.79 Å². The molecule has 7 nitrogen and oxygen atoms in total. The number of imide groups is 1. The Bertz CT molecular complexity index is 519. The molecule has 0 aliphatic rings. The number of nitrogens with one attached hydrogen (secondary N) is 3. The van der Waals surface area contributed by atoms with Gasteiger partial charge in [0.1, 0.15) is 0 Å². The fourth-order valence-electron chi connectivity index (χ4n) is 1.99. The van der Waals surface area contributed by atoms with Crippen molar-refractivity contribution in [3.8, 4) is 0 Å². The number of thiophene rings is 1. The van der Waals surface area contributed by atoms with E-state index in [0.29, 0.717) is 6.54 Å². The van der Waals surface area contributed by atoms with Gasteiger partial charge in [0, 0.05) is 4.88 Å². The lowest BCUT2D eigenvalue weighted by atomic mass is 10.2. The van der Waals surface area contributed by atoms with Gasteiger partial charge < -0.3 is 15.0 Å². The van der Waals surface area contributed by atoms with Crippen molar-refractivity contribution in [3.05, 3.63) is 22.4 Å². The quantitative estimate of drug-likeness (QED) is 0.625. The summed E-state index contributed by atoms with van der Waals surface area (Å²) in [6.07, 6.45) is -0.760. The maximum absolute atomic E-state index is 12.1. The smallest absolute Gasteiger partial charge is 0.414 e. The number of ether oxygens (including phenoxy) is 1. The summed E-state index contributed by atoms with van der Waals surface area (Å²) >= 11 is 1.58. The molecular weight excluding hydrogens is 318 g/mol. The molecule has 0 saturated carbocycles. The zero-order valence-corrected chi connectivity index (χ0v) is 14.5. The molecule has 0 bridgehead atoms. The Morgan fingerprint density at radius 2 is 1.96 bits per heavy atom. The summed E-state index contributed by atoms with van der Waals surface area (Å²) in [5.74, 6) is -0.592. The molecule has 3 N–H and O–H groups in total. The topological polar surface area (TPSA) is 88.9 Å². The molecule has 1 aromatic heterocycles. The van der Waals surface area contributed by atoms with E-state index >= 15 is 0 Å². The Balaban J connectivity index is 2.41. The molecule has 1 aromatic rings. The van der Waals surface area contributed by atoms with Crippen molar-refractivity contribution in [2.45, 2.75) is 26.8 Å². The predicted octanol–water partition coefficient (Wildman–Crippen LogP) is 0.103. The first kappa shape index (κ1) is 19.1. The second-order valence-electron chi connectivity index (χ2n) is 5.03. The van der Waals surface area contributed by atoms with E-state index in [4.69, 9.17) is 0 Å². The van der Waals surface area contributed by atoms with Crippen molar-refractivity contribution in [2.24, 2.45) is 0 Å². The van der Waals surface area contributed by atoms with Crippen LogP contribution in [0.5, 0.6) is 0 Å². The molecule has 0 radical (unpaired) electrons. The highest BCUT2D eigenvalue weighted by Crippen LogP contribution is 2.17. The fourth-order valence-corrected chi connectivity index (χ4v) is 2.73. The number of carbonyl (C=O) groups excluding carboxylic acids is 3. The van der Waals surface area contributed by atoms with Crippen LogP contribution in [-0.4, -0.2) is 44.1 Å². The van der Waals surface area contributed by atoms with Gasteiger partial charge in [0.15, 0.2) is 13.1 Å². The van der Waals surface area contributed by atoms with Crippen LogP contribution in [0, 0.1) is 0 Å². The van der Waals surface area contributed by atoms with Crippen molar-refractivity contribution in [1.82, 2.24) is 10.6 Å². The summed E-state index contributed by atoms with van der Waals surface area (Å²) in [7, 11) is 0. The summed E-state index contributed by atoms with van der Waals surface area (Å²) in [6, 6.07) is 3.84. The number of rotatable bonds is 8. The maximum atomic E-state index is 12.1. The third kappa shape index (κ3) is 7.25. The van der Waals surface area contributed by atoms with Crippen molar-refractivity contribution in [1.29, 1.82) is 0 Å². The number of carbonyl (C=O) groups is 3. The summed E-state index contributed by atoms with van der Waals surface area (Å²) in [6.45, 7) is 6.46. The number of hydrogen-bond acceptors (Lipinski definition) is 5. The zero-order chi connectivity index (χ0) is 17.2. The van der Waals surface area contributed by atoms with E-state index in [2.05, 4.69) is 15.4 Å². The van der Waals surface area contributed by atoms with Crippen molar-refractivity contribution < 1.29 is 24.0 Å². The minimum absolute atomic E-state index is 0.0378. The van der Waals surface area contributed by atoms with E-state index in [1.165, 1.54) is 0 Å². The molecular formula is C15H24N3O4S+. The summed E-state index contributed by atoms with van der Waals surface area (Å²) in [5.41, 5.74) is 0. The molecule has 128 valence electrons. The standard InChI is InChI=1S/C15H23N3O4S/c1-4-18(10-14(20)17-15(21)22-5-2)9-13(19)16-11(3)12-7-6-8-23-12/h6-8,11H,4-5,9-10H2,1-3H3,(H,16,19)(H,17,20,21)/p+1/t11-/m0/s1. The number of hydrogen-bond donors (Lipinski definition) is 3. The van der Waals surface area contributed by atoms with Crippen molar-refractivity contribution in [2.75, 3.05) is 26.2 Å². The van der Waals surface area contributed by atoms with E-state index in [-0.39, 0.29) is 31.6 Å². The van der Waals surface area contributed by atoms with E-state index in [1.54, 1.807) is 18.3 Å². The second kappa shape index (κ2) is 9.96. The Labute approximate surface area is 140 Å². The van der Waals surface area contributed by atoms with Gasteiger partial charge in [-0.3, -0.25) is 14.9 Å². The lowest BCUT2D eigenvalue weighted by Gasteiger charge is -2.18. The molecule has 0 aromatic carbocycles. The van der Waals surface area contributed by atoms with Crippen LogP contribution >= 0.6 is 11.3 Å². The Kier molecular flexibility index (Phi) is 8.28. The highest BCUT2D eigenvalue weighted by atomic mass is 32.1. The third-order valence-corrected chi connectivity index (χ3v) is 4.24. The minimum atomic E-state index is -0.760. The number of likely N-dealkylation sites (N-methyl/N-ethyl adjacent to an activating group) is 1. The summed E-state index contributed by atoms with van der Waals surface area (Å²) < 4.78 is 4.64. The van der Waals surface area contributed by atoms with E-state index in [9.17, 15) is 14.4 Å². The molecule has 1 unspecified atom stereocenters. The molecule has 0 aliphatic carbocycles. The van der Waals surface area contributed by atoms with Crippen molar-refractivity contribution in [3.63, 3.8) is 0 Å². The van der Waals surface area contributed by atoms with Gasteiger partial charge in [0.25, 0.3) is 11.8 Å². The molecule has 3 amide bonds. The average Bonchev–Trinajstić information content (AvgIpc) is 3.00. The fraction of sp³-hybridized carbons (Fsp3) is 0.533. The first-order valence-corrected chi connectivity index (χ1v) is 8.47. The Hall–Kier alpha value is -1.93. The molecule has 0 saturated heterocycles. The SMILES string of the molecule is CCOC(=O)NC(=O)C[NH+](CC)CC(=O)N[C@@H](C)c1cccs1. The average molecular weight is 342 g/mol. The molecule has 0 fully saturated rings. The monoisotopic (exact) mass is 342 g/mol. The minimum Gasteiger partial charge on any atom is -0.450 e. The number of quaternary nitrogens is 1. The van der Waals surface area contributed by atoms with Gasteiger partial charge in [-0.05, 0) is 32.2 Å². The molecule has 23 heavy (non-hydrogen) atoms. The molecule has 1 rings (SSSR count). The van der Waals surface area contributed by atoms with Crippen LogP contribution in [0.25, 0.3) is 0 Å². The Morgan fingerprint density at radius 1 is 1.26 bits per heavy atom. The van der Waals surface area contributed by atoms with Crippen LogP contribution in [0.15, 0.2) is 17.5 Å². The Morgan fingerprint density at radius 3 is 2.52 bits per heavy atom. The van der Waals surface area contributed by atoms with Gasteiger partial charge in [0.2, 0.25) is 0 Å². The van der Waals surface area contributed by atoms with Gasteiger partial charge in [0.05, 0.1) is 19.2 Å². The van der Waals surface area contributed by atoms with Crippen LogP contribution in [-0.2, 0) is 14.3 Å². The first-order valence-electron chi connectivity index (χ1n) is 7.59. The lowest BCUT2D eigenvalue weighted by Crippen LogP contribution is -3.14. The maximum Gasteiger partial charge on any atom is 0.414 e. The van der Waals surface area contributed by atoms with Crippen LogP contribution < -0.4 is 15.5 Å². The first-order chi connectivity index (χ1) is 11.0. The van der Waals surface area contributed by atoms with Gasteiger partial charge in [-0.1, -0.05) is 6.07 Å². The molecule has 0 aliphatic heterocycles. The highest BCUT2D eigenvalue weighted by molar-refractivity contribution is 7.10. The van der Waals surface area contributed by atoms with Gasteiger partial charge in [-0.15, -0.1) is 11.3 Å². The van der Waals surface area contributed by atoms with E-state index in [1.807, 2.05) is 31.4 Å². The van der Waals surface area contributed by atoms with Crippen molar-refractivity contribution >= 4 is 29.2 Å². The molecule has 2 atom stereocenters. The zero-order valence-electron chi connectivity index (χ0n) is 13.7. The summed E-state index contributed by atoms with van der Waals surface area (Å²) in [5, 5.41) is 7.00. The molecule has 0 spiro atoms. The predicted molar refractivity (Wildman–Crippen MR) is 87.3 cm³/mol. The van der Waals surface area contributed by atoms with Crippen LogP contribution in [0.2, 0.25) is 0 Å². The third-order valence-electron chi connectivity index (χ3n) is 3.19. The van der Waals surface area contributed by atoms with Gasteiger partial charge in [-0.2, -0.15) is 0 Å². The molecule has 8 heteroatoms. The summed E-state index contributed by atoms with van der Waals surface area (Å²) in [4.78, 5) is 36.8. The van der Waals surface area contributed by atoms with Gasteiger partial charge >= 0.3 is 6.09 Å². The normalized spacial score (nSPS) is 13.0. The highest BCUT2D eigenvalue weighted by Gasteiger charge is 2.20. The lowest BCUT2D eigenvalue weighted by molar-refractivity contribution is -0.881. The number of alkyl carbamates (subject to hydrolysis) is 1. The van der Waals surface area contributed by atoms with E-state index < -0.39 is 12.0 Å². The molecule has 1 heterocycles. The van der Waals surface area contributed by atoms with Crippen LogP contribution in [0.3, 0.4) is 0 Å². The number of amides is 3. The second-order valence-corrected chi connectivity index (χ2v) is 6.01. The largest absolute Gasteiger partial charge is 0.450 e. The van der Waals surface area contributed by atoms with Crippen LogP contribution in [0.1, 0.15) is 31.7 Å². The van der Waals surface area contributed by atoms with Gasteiger partial charge in [-0.25, -0.2) is 4.79 Å². The van der Waals surface area contributed by atoms with E-state index in [0.717, 1.165) is 9.78 Å².